The molecular formula is C16H27N. The van der Waals surface area contributed by atoms with Crippen molar-refractivity contribution in [2.45, 2.75) is 52.5 Å². The summed E-state index contributed by atoms with van der Waals surface area (Å²) >= 11 is 0. The molecule has 0 bridgehead atoms. The smallest absolute Gasteiger partial charge is 0.00967 e. The Hall–Kier alpha value is -0.820. The van der Waals surface area contributed by atoms with Gasteiger partial charge in [-0.2, -0.15) is 0 Å². The van der Waals surface area contributed by atoms with Gasteiger partial charge in [-0.05, 0) is 44.6 Å². The minimum absolute atomic E-state index is 0.198. The van der Waals surface area contributed by atoms with Crippen LogP contribution in [0.15, 0.2) is 30.3 Å². The maximum atomic E-state index is 3.63. The van der Waals surface area contributed by atoms with Crippen LogP contribution in [0.3, 0.4) is 0 Å². The zero-order chi connectivity index (χ0) is 12.9. The Kier molecular flexibility index (Phi) is 5.20. The van der Waals surface area contributed by atoms with Crippen LogP contribution in [-0.4, -0.2) is 12.1 Å². The van der Waals surface area contributed by atoms with Crippen LogP contribution < -0.4 is 5.32 Å². The highest BCUT2D eigenvalue weighted by Gasteiger charge is 2.16. The Morgan fingerprint density at radius 1 is 1.06 bits per heavy atom. The van der Waals surface area contributed by atoms with Crippen LogP contribution in [0, 0.1) is 5.92 Å². The van der Waals surface area contributed by atoms with Crippen LogP contribution in [0.4, 0.5) is 0 Å². The highest BCUT2D eigenvalue weighted by Crippen LogP contribution is 2.23. The van der Waals surface area contributed by atoms with Gasteiger partial charge >= 0.3 is 0 Å². The van der Waals surface area contributed by atoms with Crippen molar-refractivity contribution in [2.24, 2.45) is 5.92 Å². The van der Waals surface area contributed by atoms with Crippen LogP contribution in [0.2, 0.25) is 0 Å². The van der Waals surface area contributed by atoms with Gasteiger partial charge in [0.05, 0.1) is 0 Å². The van der Waals surface area contributed by atoms with Gasteiger partial charge in [-0.25, -0.2) is 0 Å². The summed E-state index contributed by atoms with van der Waals surface area (Å²) in [6.45, 7) is 12.3. The molecule has 0 aliphatic carbocycles. The lowest BCUT2D eigenvalue weighted by atomic mass is 9.89. The molecule has 0 fully saturated rings. The lowest BCUT2D eigenvalue weighted by molar-refractivity contribution is 0.381. The minimum atomic E-state index is 0.198. The molecule has 0 heterocycles. The lowest BCUT2D eigenvalue weighted by Gasteiger charge is -2.26. The fourth-order valence-electron chi connectivity index (χ4n) is 2.06. The quantitative estimate of drug-likeness (QED) is 0.803. The molecule has 0 radical (unpaired) electrons. The van der Waals surface area contributed by atoms with Gasteiger partial charge in [-0.15, -0.1) is 0 Å². The van der Waals surface area contributed by atoms with Gasteiger partial charge in [-0.1, -0.05) is 44.2 Å². The van der Waals surface area contributed by atoms with Gasteiger partial charge in [0.15, 0.2) is 0 Å². The molecule has 1 atom stereocenters. The number of rotatable bonds is 5. The van der Waals surface area contributed by atoms with Crippen LogP contribution >= 0.6 is 0 Å². The molecule has 0 saturated carbocycles. The minimum Gasteiger partial charge on any atom is -0.311 e. The van der Waals surface area contributed by atoms with E-state index in [0.717, 1.165) is 12.5 Å². The first-order valence-electron chi connectivity index (χ1n) is 6.68. The second kappa shape index (κ2) is 6.20. The first-order chi connectivity index (χ1) is 7.88. The first-order valence-corrected chi connectivity index (χ1v) is 6.68. The SMILES string of the molecule is CC(C)CC(CNC(C)(C)C)c1ccccc1. The highest BCUT2D eigenvalue weighted by atomic mass is 14.9. The third-order valence-corrected chi connectivity index (χ3v) is 2.91. The van der Waals surface area contributed by atoms with Crippen LogP contribution in [-0.2, 0) is 0 Å². The van der Waals surface area contributed by atoms with Crippen molar-refractivity contribution in [3.05, 3.63) is 35.9 Å². The number of hydrogen-bond acceptors (Lipinski definition) is 1. The van der Waals surface area contributed by atoms with Crippen molar-refractivity contribution in [3.63, 3.8) is 0 Å². The first kappa shape index (κ1) is 14.2. The predicted molar refractivity (Wildman–Crippen MR) is 76.4 cm³/mol. The zero-order valence-corrected chi connectivity index (χ0v) is 12.0. The van der Waals surface area contributed by atoms with Crippen molar-refractivity contribution in [1.29, 1.82) is 0 Å². The fourth-order valence-corrected chi connectivity index (χ4v) is 2.06. The van der Waals surface area contributed by atoms with E-state index in [1.165, 1.54) is 12.0 Å². The molecule has 1 aromatic rings. The van der Waals surface area contributed by atoms with Crippen LogP contribution in [0.5, 0.6) is 0 Å². The average Bonchev–Trinajstić information content (AvgIpc) is 2.24. The van der Waals surface area contributed by atoms with E-state index in [0.29, 0.717) is 5.92 Å². The Bertz CT molecular complexity index is 308. The summed E-state index contributed by atoms with van der Waals surface area (Å²) in [6.07, 6.45) is 1.24. The molecule has 0 aliphatic rings. The monoisotopic (exact) mass is 233 g/mol. The maximum Gasteiger partial charge on any atom is 0.00967 e. The van der Waals surface area contributed by atoms with E-state index in [9.17, 15) is 0 Å². The molecule has 1 N–H and O–H groups in total. The van der Waals surface area contributed by atoms with E-state index in [-0.39, 0.29) is 5.54 Å². The van der Waals surface area contributed by atoms with Gasteiger partial charge in [0.2, 0.25) is 0 Å². The van der Waals surface area contributed by atoms with E-state index in [2.05, 4.69) is 70.3 Å². The number of benzene rings is 1. The third kappa shape index (κ3) is 5.88. The molecule has 1 unspecified atom stereocenters. The standard InChI is InChI=1S/C16H27N/c1-13(2)11-15(12-17-16(3,4)5)14-9-7-6-8-10-14/h6-10,13,15,17H,11-12H2,1-5H3. The molecule has 17 heavy (non-hydrogen) atoms. The molecule has 0 saturated heterocycles. The summed E-state index contributed by atoms with van der Waals surface area (Å²) in [6, 6.07) is 10.9. The molecular weight excluding hydrogens is 206 g/mol. The number of hydrogen-bond donors (Lipinski definition) is 1. The third-order valence-electron chi connectivity index (χ3n) is 2.91. The summed E-state index contributed by atoms with van der Waals surface area (Å²) < 4.78 is 0. The van der Waals surface area contributed by atoms with E-state index in [1.807, 2.05) is 0 Å². The molecule has 0 aliphatic heterocycles. The summed E-state index contributed by atoms with van der Waals surface area (Å²) in [7, 11) is 0. The van der Waals surface area contributed by atoms with Crippen LogP contribution in [0.1, 0.15) is 52.5 Å². The Morgan fingerprint density at radius 2 is 1.65 bits per heavy atom. The largest absolute Gasteiger partial charge is 0.311 e. The summed E-state index contributed by atoms with van der Waals surface area (Å²) in [4.78, 5) is 0. The van der Waals surface area contributed by atoms with E-state index in [1.54, 1.807) is 0 Å². The topological polar surface area (TPSA) is 12.0 Å². The maximum absolute atomic E-state index is 3.63. The van der Waals surface area contributed by atoms with Crippen molar-refractivity contribution in [2.75, 3.05) is 6.54 Å². The molecule has 1 aromatic carbocycles. The Morgan fingerprint density at radius 3 is 2.12 bits per heavy atom. The van der Waals surface area contributed by atoms with Gasteiger partial charge in [0, 0.05) is 12.1 Å². The molecule has 1 nitrogen and oxygen atoms in total. The van der Waals surface area contributed by atoms with Gasteiger partial charge in [-0.3, -0.25) is 0 Å². The second-order valence-electron chi connectivity index (χ2n) is 6.37. The molecule has 96 valence electrons. The summed E-state index contributed by atoms with van der Waals surface area (Å²) in [5, 5.41) is 3.63. The van der Waals surface area contributed by atoms with Crippen molar-refractivity contribution >= 4 is 0 Å². The Balaban J connectivity index is 2.68. The Labute approximate surface area is 107 Å². The molecule has 0 spiro atoms. The lowest BCUT2D eigenvalue weighted by Crippen LogP contribution is -2.38. The average molecular weight is 233 g/mol. The predicted octanol–water partition coefficient (Wildman–Crippen LogP) is 4.20. The van der Waals surface area contributed by atoms with E-state index in [4.69, 9.17) is 0 Å². The zero-order valence-electron chi connectivity index (χ0n) is 12.0. The van der Waals surface area contributed by atoms with Crippen molar-refractivity contribution in [3.8, 4) is 0 Å². The van der Waals surface area contributed by atoms with Crippen molar-refractivity contribution < 1.29 is 0 Å². The van der Waals surface area contributed by atoms with Crippen LogP contribution in [0.25, 0.3) is 0 Å². The molecule has 1 heteroatoms. The molecule has 0 amide bonds. The fraction of sp³-hybridized carbons (Fsp3) is 0.625. The van der Waals surface area contributed by atoms with Gasteiger partial charge in [0.1, 0.15) is 0 Å². The summed E-state index contributed by atoms with van der Waals surface area (Å²) in [5.74, 6) is 1.36. The van der Waals surface area contributed by atoms with E-state index >= 15 is 0 Å². The van der Waals surface area contributed by atoms with E-state index < -0.39 is 0 Å². The second-order valence-corrected chi connectivity index (χ2v) is 6.37. The molecule has 1 rings (SSSR count). The normalized spacial score (nSPS) is 14.0. The summed E-state index contributed by atoms with van der Waals surface area (Å²) in [5.41, 5.74) is 1.65. The van der Waals surface area contributed by atoms with Crippen molar-refractivity contribution in [1.82, 2.24) is 5.32 Å². The van der Waals surface area contributed by atoms with Gasteiger partial charge < -0.3 is 5.32 Å². The van der Waals surface area contributed by atoms with Gasteiger partial charge in [0.25, 0.3) is 0 Å². The number of nitrogens with one attached hydrogen (secondary N) is 1. The highest BCUT2D eigenvalue weighted by molar-refractivity contribution is 5.20. The molecule has 0 aromatic heterocycles.